The molecule has 0 bridgehead atoms. The molecule has 0 aliphatic carbocycles. The predicted octanol–water partition coefficient (Wildman–Crippen LogP) is 0.877. The van der Waals surface area contributed by atoms with Gasteiger partial charge in [0.1, 0.15) is 0 Å². The van der Waals surface area contributed by atoms with E-state index in [4.69, 9.17) is 0 Å². The van der Waals surface area contributed by atoms with E-state index >= 15 is 0 Å². The quantitative estimate of drug-likeness (QED) is 0.485. The molecule has 4 nitrogen and oxygen atoms in total. The molecule has 15 heavy (non-hydrogen) atoms. The number of carbonyl (C=O) groups excluding carboxylic acids is 1. The van der Waals surface area contributed by atoms with Crippen molar-refractivity contribution in [2.24, 2.45) is 4.99 Å². The number of amides is 1. The molecule has 0 heterocycles. The molecule has 4 heteroatoms. The molecular formula is C11H23N3O. The first-order chi connectivity index (χ1) is 6.93. The average molecular weight is 213 g/mol. The molecule has 0 aromatic heterocycles. The highest BCUT2D eigenvalue weighted by atomic mass is 16.2. The summed E-state index contributed by atoms with van der Waals surface area (Å²) < 4.78 is 0. The first kappa shape index (κ1) is 14.1. The van der Waals surface area contributed by atoms with Crippen molar-refractivity contribution in [3.63, 3.8) is 0 Å². The molecule has 0 saturated carbocycles. The Labute approximate surface area is 93.0 Å². The predicted molar refractivity (Wildman–Crippen MR) is 64.5 cm³/mol. The molecule has 88 valence electrons. The van der Waals surface area contributed by atoms with Gasteiger partial charge >= 0.3 is 0 Å². The van der Waals surface area contributed by atoms with Gasteiger partial charge in [0.2, 0.25) is 5.91 Å². The van der Waals surface area contributed by atoms with Crippen molar-refractivity contribution in [3.05, 3.63) is 0 Å². The number of hydrogen-bond acceptors (Lipinski definition) is 3. The summed E-state index contributed by atoms with van der Waals surface area (Å²) in [6.45, 7) is 3.76. The molecule has 0 spiro atoms. The monoisotopic (exact) mass is 213 g/mol. The van der Waals surface area contributed by atoms with Crippen molar-refractivity contribution in [1.29, 1.82) is 0 Å². The minimum atomic E-state index is 0.115. The van der Waals surface area contributed by atoms with Gasteiger partial charge in [-0.25, -0.2) is 0 Å². The molecule has 0 aromatic rings. The maximum atomic E-state index is 11.3. The SMILES string of the molecule is CC(CC(=O)N(C)C)=NCCCN(C)C. The van der Waals surface area contributed by atoms with Gasteiger partial charge in [-0.15, -0.1) is 0 Å². The summed E-state index contributed by atoms with van der Waals surface area (Å²) in [5.41, 5.74) is 0.924. The van der Waals surface area contributed by atoms with Gasteiger partial charge in [0.15, 0.2) is 0 Å². The summed E-state index contributed by atoms with van der Waals surface area (Å²) in [5, 5.41) is 0. The zero-order valence-electron chi connectivity index (χ0n) is 10.6. The van der Waals surface area contributed by atoms with E-state index in [-0.39, 0.29) is 5.91 Å². The summed E-state index contributed by atoms with van der Waals surface area (Å²) >= 11 is 0. The molecule has 0 unspecified atom stereocenters. The summed E-state index contributed by atoms with van der Waals surface area (Å²) in [6, 6.07) is 0. The summed E-state index contributed by atoms with van der Waals surface area (Å²) in [7, 11) is 7.63. The van der Waals surface area contributed by atoms with Crippen LogP contribution in [0, 0.1) is 0 Å². The third-order valence-electron chi connectivity index (χ3n) is 2.05. The van der Waals surface area contributed by atoms with Crippen LogP contribution in [0.4, 0.5) is 0 Å². The second-order valence-corrected chi connectivity index (χ2v) is 4.24. The van der Waals surface area contributed by atoms with E-state index in [1.807, 2.05) is 21.0 Å². The molecule has 0 fully saturated rings. The maximum absolute atomic E-state index is 11.3. The zero-order chi connectivity index (χ0) is 11.8. The molecule has 0 atom stereocenters. The van der Waals surface area contributed by atoms with E-state index in [2.05, 4.69) is 9.89 Å². The van der Waals surface area contributed by atoms with Gasteiger partial charge in [-0.05, 0) is 34.0 Å². The van der Waals surface area contributed by atoms with Gasteiger partial charge in [-0.2, -0.15) is 0 Å². The Morgan fingerprint density at radius 2 is 1.80 bits per heavy atom. The Morgan fingerprint density at radius 3 is 2.27 bits per heavy atom. The highest BCUT2D eigenvalue weighted by molar-refractivity contribution is 5.99. The first-order valence-electron chi connectivity index (χ1n) is 5.28. The van der Waals surface area contributed by atoms with Crippen LogP contribution < -0.4 is 0 Å². The minimum absolute atomic E-state index is 0.115. The Hall–Kier alpha value is -0.900. The topological polar surface area (TPSA) is 35.9 Å². The van der Waals surface area contributed by atoms with Crippen LogP contribution >= 0.6 is 0 Å². The van der Waals surface area contributed by atoms with E-state index in [1.165, 1.54) is 0 Å². The number of aliphatic imine (C=N–C) groups is 1. The van der Waals surface area contributed by atoms with Crippen LogP contribution in [0.15, 0.2) is 4.99 Å². The second kappa shape index (κ2) is 7.40. The molecular weight excluding hydrogens is 190 g/mol. The third kappa shape index (κ3) is 8.12. The Balaban J connectivity index is 3.74. The van der Waals surface area contributed by atoms with E-state index in [1.54, 1.807) is 19.0 Å². The third-order valence-corrected chi connectivity index (χ3v) is 2.05. The van der Waals surface area contributed by atoms with Crippen LogP contribution in [0.1, 0.15) is 19.8 Å². The largest absolute Gasteiger partial charge is 0.348 e. The summed E-state index contributed by atoms with van der Waals surface area (Å²) in [6.07, 6.45) is 1.48. The van der Waals surface area contributed by atoms with E-state index in [0.29, 0.717) is 6.42 Å². The van der Waals surface area contributed by atoms with Crippen LogP contribution in [-0.4, -0.2) is 62.7 Å². The van der Waals surface area contributed by atoms with Crippen LogP contribution in [0.2, 0.25) is 0 Å². The van der Waals surface area contributed by atoms with Gasteiger partial charge in [0.05, 0.1) is 6.42 Å². The maximum Gasteiger partial charge on any atom is 0.227 e. The van der Waals surface area contributed by atoms with Crippen molar-refractivity contribution in [2.45, 2.75) is 19.8 Å². The molecule has 0 saturated heterocycles. The number of hydrogen-bond donors (Lipinski definition) is 0. The summed E-state index contributed by atoms with van der Waals surface area (Å²) in [5.74, 6) is 0.115. The molecule has 0 N–H and O–H groups in total. The smallest absolute Gasteiger partial charge is 0.227 e. The lowest BCUT2D eigenvalue weighted by Gasteiger charge is -2.10. The van der Waals surface area contributed by atoms with Crippen LogP contribution in [0.3, 0.4) is 0 Å². The van der Waals surface area contributed by atoms with Gasteiger partial charge < -0.3 is 9.80 Å². The normalized spacial score (nSPS) is 12.0. The molecule has 1 amide bonds. The van der Waals surface area contributed by atoms with Crippen molar-refractivity contribution in [1.82, 2.24) is 9.80 Å². The van der Waals surface area contributed by atoms with E-state index in [9.17, 15) is 4.79 Å². The second-order valence-electron chi connectivity index (χ2n) is 4.24. The van der Waals surface area contributed by atoms with Crippen molar-refractivity contribution in [3.8, 4) is 0 Å². The van der Waals surface area contributed by atoms with Crippen molar-refractivity contribution >= 4 is 11.6 Å². The lowest BCUT2D eigenvalue weighted by Crippen LogP contribution is -2.23. The van der Waals surface area contributed by atoms with Crippen LogP contribution in [-0.2, 0) is 4.79 Å². The fraction of sp³-hybridized carbons (Fsp3) is 0.818. The number of rotatable bonds is 6. The Kier molecular flexibility index (Phi) is 6.96. The lowest BCUT2D eigenvalue weighted by atomic mass is 10.2. The molecule has 0 aliphatic rings. The molecule has 0 aromatic carbocycles. The first-order valence-corrected chi connectivity index (χ1v) is 5.28. The Bertz CT molecular complexity index is 222. The van der Waals surface area contributed by atoms with Gasteiger partial charge in [-0.3, -0.25) is 9.79 Å². The van der Waals surface area contributed by atoms with Crippen LogP contribution in [0.5, 0.6) is 0 Å². The summed E-state index contributed by atoms with van der Waals surface area (Å²) in [4.78, 5) is 19.4. The van der Waals surface area contributed by atoms with Gasteiger partial charge in [0, 0.05) is 26.4 Å². The molecule has 0 radical (unpaired) electrons. The fourth-order valence-electron chi connectivity index (χ4n) is 1.09. The lowest BCUT2D eigenvalue weighted by molar-refractivity contribution is -0.127. The van der Waals surface area contributed by atoms with Gasteiger partial charge in [-0.1, -0.05) is 0 Å². The number of carbonyl (C=O) groups is 1. The van der Waals surface area contributed by atoms with E-state index < -0.39 is 0 Å². The average Bonchev–Trinajstić information content (AvgIpc) is 2.12. The highest BCUT2D eigenvalue weighted by Gasteiger charge is 2.04. The Morgan fingerprint density at radius 1 is 1.20 bits per heavy atom. The zero-order valence-corrected chi connectivity index (χ0v) is 10.6. The molecule has 0 aliphatic heterocycles. The standard InChI is InChI=1S/C11H23N3O/c1-10(9-11(15)14(4)5)12-7-6-8-13(2)3/h6-9H2,1-5H3. The minimum Gasteiger partial charge on any atom is -0.348 e. The number of nitrogens with zero attached hydrogens (tertiary/aromatic N) is 3. The molecule has 0 rings (SSSR count). The fourth-order valence-corrected chi connectivity index (χ4v) is 1.09. The van der Waals surface area contributed by atoms with Crippen LogP contribution in [0.25, 0.3) is 0 Å². The van der Waals surface area contributed by atoms with E-state index in [0.717, 1.165) is 25.2 Å². The highest BCUT2D eigenvalue weighted by Crippen LogP contribution is 1.93. The van der Waals surface area contributed by atoms with Gasteiger partial charge in [0.25, 0.3) is 0 Å². The van der Waals surface area contributed by atoms with Crippen molar-refractivity contribution < 1.29 is 4.79 Å². The van der Waals surface area contributed by atoms with Crippen molar-refractivity contribution in [2.75, 3.05) is 41.3 Å².